The fraction of sp³-hybridized carbons (Fsp3) is 0.944. The van der Waals surface area contributed by atoms with Gasteiger partial charge in [-0.3, -0.25) is 0 Å². The zero-order valence-electron chi connectivity index (χ0n) is 18.2. The van der Waals surface area contributed by atoms with Crippen LogP contribution in [0, 0.1) is 11.3 Å². The van der Waals surface area contributed by atoms with Crippen molar-refractivity contribution in [1.82, 2.24) is 4.67 Å². The maximum absolute atomic E-state index is 12.3. The van der Waals surface area contributed by atoms with Gasteiger partial charge in [-0.05, 0) is 47.4 Å². The van der Waals surface area contributed by atoms with Gasteiger partial charge in [0.2, 0.25) is 0 Å². The maximum atomic E-state index is 12.3. The van der Waals surface area contributed by atoms with Crippen LogP contribution in [-0.4, -0.2) is 68.4 Å². The van der Waals surface area contributed by atoms with Gasteiger partial charge in [-0.25, -0.2) is 4.67 Å². The van der Waals surface area contributed by atoms with Gasteiger partial charge in [-0.2, -0.15) is 5.26 Å². The third-order valence-electron chi connectivity index (χ3n) is 4.98. The molecule has 0 spiro atoms. The predicted molar refractivity (Wildman–Crippen MR) is 115 cm³/mol. The summed E-state index contributed by atoms with van der Waals surface area (Å²) in [6.45, 7) is 14.6. The van der Waals surface area contributed by atoms with Gasteiger partial charge in [0.15, 0.2) is 0 Å². The Balaban J connectivity index is 2.79. The molecule has 0 aliphatic carbocycles. The van der Waals surface area contributed by atoms with Crippen LogP contribution in [-0.2, 0) is 18.3 Å². The summed E-state index contributed by atoms with van der Waals surface area (Å²) >= 11 is 0. The van der Waals surface area contributed by atoms with Crippen molar-refractivity contribution in [3.8, 4) is 6.07 Å². The zero-order valence-corrected chi connectivity index (χ0v) is 20.0. The molecule has 1 aliphatic heterocycles. The van der Waals surface area contributed by atoms with Crippen LogP contribution in [0.3, 0.4) is 0 Å². The molecule has 0 aromatic heterocycles. The number of nitrogens with zero attached hydrogens (tertiary/aromatic N) is 2. The third-order valence-corrected chi connectivity index (χ3v) is 9.47. The lowest BCUT2D eigenvalue weighted by Crippen LogP contribution is -2.36. The van der Waals surface area contributed by atoms with Gasteiger partial charge in [0.25, 0.3) is 8.53 Å². The summed E-state index contributed by atoms with van der Waals surface area (Å²) in [5, 5.41) is 8.83. The van der Waals surface area contributed by atoms with Gasteiger partial charge < -0.3 is 18.3 Å². The first kappa shape index (κ1) is 25.1. The minimum atomic E-state index is -2.12. The Morgan fingerprint density at radius 1 is 1.30 bits per heavy atom. The van der Waals surface area contributed by atoms with Gasteiger partial charge in [0.05, 0.1) is 44.5 Å². The SMILES string of the molecule is B[C@@H]1O[C@H](CC(C)P(C)(C)=O)C[C@@H]1OP(OCCC#N)N(C(C)C)C(C)C. The van der Waals surface area contributed by atoms with E-state index < -0.39 is 15.7 Å². The summed E-state index contributed by atoms with van der Waals surface area (Å²) in [4.78, 5) is 0. The van der Waals surface area contributed by atoms with Gasteiger partial charge in [-0.1, -0.05) is 6.92 Å². The summed E-state index contributed by atoms with van der Waals surface area (Å²) < 4.78 is 33.0. The molecule has 27 heavy (non-hydrogen) atoms. The highest BCUT2D eigenvalue weighted by Crippen LogP contribution is 2.50. The highest BCUT2D eigenvalue weighted by atomic mass is 31.2. The van der Waals surface area contributed by atoms with E-state index in [0.717, 1.165) is 12.8 Å². The Kier molecular flexibility index (Phi) is 10.5. The van der Waals surface area contributed by atoms with E-state index in [0.29, 0.717) is 13.0 Å². The molecule has 0 saturated carbocycles. The molecule has 1 heterocycles. The molecule has 1 saturated heterocycles. The third kappa shape index (κ3) is 8.13. The molecule has 0 amide bonds. The molecular weight excluding hydrogens is 381 g/mol. The van der Waals surface area contributed by atoms with Crippen molar-refractivity contribution in [2.75, 3.05) is 19.9 Å². The van der Waals surface area contributed by atoms with Crippen molar-refractivity contribution in [2.24, 2.45) is 0 Å². The molecule has 1 fully saturated rings. The summed E-state index contributed by atoms with van der Waals surface area (Å²) in [5.74, 6) is 0. The van der Waals surface area contributed by atoms with Crippen LogP contribution in [0.25, 0.3) is 0 Å². The summed E-state index contributed by atoms with van der Waals surface area (Å²) in [5.41, 5.74) is 0.143. The molecule has 0 aromatic rings. The molecule has 2 unspecified atom stereocenters. The first-order chi connectivity index (χ1) is 12.5. The molecule has 9 heteroatoms. The second kappa shape index (κ2) is 11.3. The largest absolute Gasteiger partial charge is 0.381 e. The van der Waals surface area contributed by atoms with E-state index in [1.165, 1.54) is 0 Å². The van der Waals surface area contributed by atoms with Gasteiger partial charge >= 0.3 is 0 Å². The fourth-order valence-electron chi connectivity index (χ4n) is 3.22. The molecule has 0 aromatic carbocycles. The Morgan fingerprint density at radius 3 is 2.37 bits per heavy atom. The fourth-order valence-corrected chi connectivity index (χ4v) is 5.76. The molecule has 0 N–H and O–H groups in total. The van der Waals surface area contributed by atoms with Crippen LogP contribution in [0.4, 0.5) is 0 Å². The van der Waals surface area contributed by atoms with E-state index >= 15 is 0 Å². The molecule has 1 rings (SSSR count). The number of hydrogen-bond acceptors (Lipinski definition) is 6. The van der Waals surface area contributed by atoms with Crippen molar-refractivity contribution < 1.29 is 18.3 Å². The number of ether oxygens (including phenoxy) is 1. The van der Waals surface area contributed by atoms with Crippen LogP contribution in [0.1, 0.15) is 53.9 Å². The van der Waals surface area contributed by atoms with E-state index in [1.807, 2.05) is 28.1 Å². The summed E-state index contributed by atoms with van der Waals surface area (Å²) in [7, 11) is -1.35. The lowest BCUT2D eigenvalue weighted by molar-refractivity contribution is 0.0560. The molecular formula is C18H37BN2O4P2. The van der Waals surface area contributed by atoms with E-state index in [1.54, 1.807) is 0 Å². The standard InChI is InChI=1S/C18H37BN2O4P2/c1-13(2)21(14(3)4)26(23-10-8-9-20)25-17-12-16(24-18(17)19)11-15(5)27(6,7)22/h13-18H,8,10-12,19H2,1-7H3/t15?,16-,17+,18-,26?/m1/s1. The molecule has 6 nitrogen and oxygen atoms in total. The number of hydrogen-bond donors (Lipinski definition) is 0. The zero-order chi connectivity index (χ0) is 20.8. The Morgan fingerprint density at radius 2 is 1.89 bits per heavy atom. The average molecular weight is 418 g/mol. The van der Waals surface area contributed by atoms with Gasteiger partial charge in [0, 0.05) is 24.2 Å². The highest BCUT2D eigenvalue weighted by Gasteiger charge is 2.39. The molecule has 1 aliphatic rings. The Labute approximate surface area is 168 Å². The minimum absolute atomic E-state index is 0.0268. The number of rotatable bonds is 11. The molecule has 5 atom stereocenters. The molecule has 0 bridgehead atoms. The first-order valence-corrected chi connectivity index (χ1v) is 13.7. The van der Waals surface area contributed by atoms with Crippen molar-refractivity contribution in [2.45, 2.75) is 89.8 Å². The highest BCUT2D eigenvalue weighted by molar-refractivity contribution is 7.63. The second-order valence-corrected chi connectivity index (χ2v) is 13.6. The number of nitriles is 1. The second-order valence-electron chi connectivity index (χ2n) is 8.41. The Hall–Kier alpha value is 0.0549. The van der Waals surface area contributed by atoms with Crippen LogP contribution in [0.15, 0.2) is 0 Å². The van der Waals surface area contributed by atoms with Crippen molar-refractivity contribution in [1.29, 1.82) is 5.26 Å². The van der Waals surface area contributed by atoms with Crippen LogP contribution in [0.5, 0.6) is 0 Å². The van der Waals surface area contributed by atoms with Crippen molar-refractivity contribution >= 4 is 23.5 Å². The van der Waals surface area contributed by atoms with Gasteiger partial charge in [-0.15, -0.1) is 0 Å². The van der Waals surface area contributed by atoms with Crippen LogP contribution >= 0.6 is 15.7 Å². The smallest absolute Gasteiger partial charge is 0.259 e. The Bertz CT molecular complexity index is 530. The van der Waals surface area contributed by atoms with Crippen LogP contribution in [0.2, 0.25) is 0 Å². The van der Waals surface area contributed by atoms with Crippen molar-refractivity contribution in [3.05, 3.63) is 0 Å². The maximum Gasteiger partial charge on any atom is 0.259 e. The molecule has 0 radical (unpaired) electrons. The summed E-state index contributed by atoms with van der Waals surface area (Å²) in [6.07, 6.45) is 1.94. The average Bonchev–Trinajstić information content (AvgIpc) is 2.85. The van der Waals surface area contributed by atoms with Crippen LogP contribution < -0.4 is 0 Å². The lowest BCUT2D eigenvalue weighted by Gasteiger charge is -2.37. The minimum Gasteiger partial charge on any atom is -0.381 e. The van der Waals surface area contributed by atoms with E-state index in [-0.39, 0.29) is 36.0 Å². The van der Waals surface area contributed by atoms with E-state index in [4.69, 9.17) is 19.0 Å². The summed E-state index contributed by atoms with van der Waals surface area (Å²) in [6, 6.07) is 2.65. The molecule has 156 valence electrons. The predicted octanol–water partition coefficient (Wildman–Crippen LogP) is 3.80. The van der Waals surface area contributed by atoms with Gasteiger partial charge in [0.1, 0.15) is 7.85 Å². The topological polar surface area (TPSA) is 71.8 Å². The monoisotopic (exact) mass is 418 g/mol. The van der Waals surface area contributed by atoms with Crippen molar-refractivity contribution in [3.63, 3.8) is 0 Å². The first-order valence-electron chi connectivity index (χ1n) is 9.92. The quantitative estimate of drug-likeness (QED) is 0.289. The van der Waals surface area contributed by atoms with E-state index in [2.05, 4.69) is 38.4 Å². The lowest BCUT2D eigenvalue weighted by atomic mass is 9.94. The normalized spacial score (nSPS) is 25.9. The van der Waals surface area contributed by atoms with E-state index in [9.17, 15) is 4.57 Å².